The van der Waals surface area contributed by atoms with Crippen molar-refractivity contribution < 1.29 is 4.79 Å². The predicted octanol–water partition coefficient (Wildman–Crippen LogP) is 5.16. The van der Waals surface area contributed by atoms with Crippen LogP contribution in [0.3, 0.4) is 0 Å². The second-order valence-electron chi connectivity index (χ2n) is 6.84. The molecule has 1 fully saturated rings. The molecular formula is C21H20Cl2N4OS. The number of hydrogen-bond acceptors (Lipinski definition) is 4. The number of likely N-dealkylation sites (tertiary alicyclic amines) is 1. The van der Waals surface area contributed by atoms with E-state index in [-0.39, 0.29) is 5.91 Å². The van der Waals surface area contributed by atoms with Gasteiger partial charge >= 0.3 is 0 Å². The molecule has 150 valence electrons. The van der Waals surface area contributed by atoms with Gasteiger partial charge < -0.3 is 9.47 Å². The summed E-state index contributed by atoms with van der Waals surface area (Å²) < 4.78 is 2.15. The van der Waals surface area contributed by atoms with Gasteiger partial charge in [0, 0.05) is 48.2 Å². The van der Waals surface area contributed by atoms with E-state index in [2.05, 4.69) is 9.55 Å². The van der Waals surface area contributed by atoms with Crippen LogP contribution in [0.1, 0.15) is 19.3 Å². The van der Waals surface area contributed by atoms with Crippen LogP contribution in [0.5, 0.6) is 0 Å². The Morgan fingerprint density at radius 3 is 2.86 bits per heavy atom. The van der Waals surface area contributed by atoms with Gasteiger partial charge in [0.2, 0.25) is 5.91 Å². The molecule has 0 bridgehead atoms. The first-order valence-electron chi connectivity index (χ1n) is 9.48. The van der Waals surface area contributed by atoms with E-state index >= 15 is 0 Å². The number of halogens is 2. The molecule has 1 amide bonds. The molecule has 1 aliphatic heterocycles. The maximum absolute atomic E-state index is 11.9. The van der Waals surface area contributed by atoms with Gasteiger partial charge in [0.1, 0.15) is 0 Å². The fourth-order valence-electron chi connectivity index (χ4n) is 3.43. The molecule has 0 aliphatic carbocycles. The third kappa shape index (κ3) is 4.71. The second kappa shape index (κ2) is 9.11. The van der Waals surface area contributed by atoms with E-state index in [0.29, 0.717) is 16.5 Å². The quantitative estimate of drug-likeness (QED) is 0.524. The first-order chi connectivity index (χ1) is 14.1. The van der Waals surface area contributed by atoms with Crippen molar-refractivity contribution in [1.82, 2.24) is 14.5 Å². The number of pyridine rings is 1. The first kappa shape index (κ1) is 20.1. The van der Waals surface area contributed by atoms with Gasteiger partial charge in [-0.15, -0.1) is 11.3 Å². The van der Waals surface area contributed by atoms with Crippen LogP contribution in [0, 0.1) is 0 Å². The van der Waals surface area contributed by atoms with Gasteiger partial charge in [0.15, 0.2) is 4.80 Å². The molecule has 1 saturated heterocycles. The molecule has 3 heterocycles. The van der Waals surface area contributed by atoms with Crippen molar-refractivity contribution in [3.8, 4) is 11.3 Å². The van der Waals surface area contributed by atoms with Gasteiger partial charge in [-0.3, -0.25) is 9.78 Å². The molecule has 3 aromatic rings. The normalized spacial score (nSPS) is 14.8. The Hall–Kier alpha value is -2.15. The molecule has 1 aliphatic rings. The van der Waals surface area contributed by atoms with Crippen molar-refractivity contribution in [1.29, 1.82) is 0 Å². The lowest BCUT2D eigenvalue weighted by Gasteiger charge is -2.16. The van der Waals surface area contributed by atoms with E-state index in [4.69, 9.17) is 28.2 Å². The van der Waals surface area contributed by atoms with E-state index in [9.17, 15) is 4.79 Å². The Balaban J connectivity index is 1.68. The van der Waals surface area contributed by atoms with Crippen molar-refractivity contribution in [3.63, 3.8) is 0 Å². The molecule has 29 heavy (non-hydrogen) atoms. The fourth-order valence-corrected chi connectivity index (χ4v) is 4.77. The van der Waals surface area contributed by atoms with E-state index in [1.807, 2.05) is 34.5 Å². The Morgan fingerprint density at radius 1 is 1.21 bits per heavy atom. The number of carbonyl (C=O) groups is 1. The lowest BCUT2D eigenvalue weighted by Crippen LogP contribution is -2.27. The molecule has 0 radical (unpaired) electrons. The van der Waals surface area contributed by atoms with Gasteiger partial charge in [0.25, 0.3) is 0 Å². The Kier molecular flexibility index (Phi) is 6.33. The minimum absolute atomic E-state index is 0.249. The average molecular weight is 447 g/mol. The monoisotopic (exact) mass is 446 g/mol. The zero-order valence-corrected chi connectivity index (χ0v) is 18.1. The second-order valence-corrected chi connectivity index (χ2v) is 8.52. The molecule has 4 rings (SSSR count). The van der Waals surface area contributed by atoms with Crippen LogP contribution < -0.4 is 4.80 Å². The first-order valence-corrected chi connectivity index (χ1v) is 11.1. The summed E-state index contributed by atoms with van der Waals surface area (Å²) in [6.07, 6.45) is 5.92. The molecule has 8 heteroatoms. The van der Waals surface area contributed by atoms with Crippen molar-refractivity contribution in [2.75, 3.05) is 13.1 Å². The molecular weight excluding hydrogens is 427 g/mol. The maximum atomic E-state index is 11.9. The van der Waals surface area contributed by atoms with Crippen LogP contribution in [-0.2, 0) is 11.3 Å². The molecule has 0 unspecified atom stereocenters. The van der Waals surface area contributed by atoms with Crippen LogP contribution in [0.15, 0.2) is 53.1 Å². The number of amides is 1. The third-order valence-corrected chi connectivity index (χ3v) is 6.28. The number of aromatic nitrogens is 2. The van der Waals surface area contributed by atoms with Crippen LogP contribution >= 0.6 is 34.5 Å². The summed E-state index contributed by atoms with van der Waals surface area (Å²) in [7, 11) is 0. The van der Waals surface area contributed by atoms with Gasteiger partial charge in [0.05, 0.1) is 22.6 Å². The molecule has 0 saturated carbocycles. The third-order valence-electron chi connectivity index (χ3n) is 4.85. The van der Waals surface area contributed by atoms with Crippen LogP contribution in [0.2, 0.25) is 10.0 Å². The van der Waals surface area contributed by atoms with Gasteiger partial charge in [-0.1, -0.05) is 23.2 Å². The van der Waals surface area contributed by atoms with Crippen molar-refractivity contribution >= 4 is 46.1 Å². The molecule has 0 atom stereocenters. The van der Waals surface area contributed by atoms with Gasteiger partial charge in [-0.25, -0.2) is 4.99 Å². The molecule has 5 nitrogen and oxygen atoms in total. The smallest absolute Gasteiger partial charge is 0.222 e. The number of nitrogens with zero attached hydrogens (tertiary/aromatic N) is 4. The van der Waals surface area contributed by atoms with Crippen molar-refractivity contribution in [2.24, 2.45) is 4.99 Å². The highest BCUT2D eigenvalue weighted by molar-refractivity contribution is 7.07. The minimum atomic E-state index is 0.249. The number of hydrogen-bond donors (Lipinski definition) is 0. The number of thiazole rings is 1. The van der Waals surface area contributed by atoms with E-state index in [1.165, 1.54) is 0 Å². The molecule has 0 spiro atoms. The summed E-state index contributed by atoms with van der Waals surface area (Å²) >= 11 is 14.2. The summed E-state index contributed by atoms with van der Waals surface area (Å²) in [5.41, 5.74) is 2.64. The largest absolute Gasteiger partial charge is 0.343 e. The average Bonchev–Trinajstić information content (AvgIpc) is 3.31. The summed E-state index contributed by atoms with van der Waals surface area (Å²) in [6, 6.07) is 9.25. The highest BCUT2D eigenvalue weighted by atomic mass is 35.5. The Labute approximate surface area is 183 Å². The van der Waals surface area contributed by atoms with E-state index < -0.39 is 0 Å². The van der Waals surface area contributed by atoms with Crippen molar-refractivity contribution in [3.05, 3.63) is 63.0 Å². The lowest BCUT2D eigenvalue weighted by atomic mass is 10.1. The molecule has 2 aromatic heterocycles. The van der Waals surface area contributed by atoms with E-state index in [0.717, 1.165) is 54.2 Å². The summed E-state index contributed by atoms with van der Waals surface area (Å²) in [5.74, 6) is 0.249. The topological polar surface area (TPSA) is 50.5 Å². The van der Waals surface area contributed by atoms with E-state index in [1.54, 1.807) is 29.8 Å². The Bertz CT molecular complexity index is 1080. The number of rotatable bonds is 6. The zero-order valence-electron chi connectivity index (χ0n) is 15.7. The standard InChI is InChI=1S/C21H20Cl2N4OS/c22-15-6-7-18(23)17(12-15)19-14-29-21(25-16-4-1-8-24-13-16)27(19)11-3-10-26-9-2-5-20(26)28/h1,4,6-8,12-14H,2-3,5,9-11H2. The summed E-state index contributed by atoms with van der Waals surface area (Å²) in [5, 5.41) is 3.33. The van der Waals surface area contributed by atoms with Crippen LogP contribution in [0.4, 0.5) is 5.69 Å². The van der Waals surface area contributed by atoms with Gasteiger partial charge in [-0.05, 0) is 43.2 Å². The number of benzene rings is 1. The fraction of sp³-hybridized carbons (Fsp3) is 0.286. The summed E-state index contributed by atoms with van der Waals surface area (Å²) in [4.78, 5) is 23.6. The highest BCUT2D eigenvalue weighted by Gasteiger charge is 2.19. The molecule has 0 N–H and O–H groups in total. The van der Waals surface area contributed by atoms with Crippen LogP contribution in [-0.4, -0.2) is 33.4 Å². The van der Waals surface area contributed by atoms with Crippen molar-refractivity contribution in [2.45, 2.75) is 25.8 Å². The zero-order chi connectivity index (χ0) is 20.2. The van der Waals surface area contributed by atoms with Gasteiger partial charge in [-0.2, -0.15) is 0 Å². The maximum Gasteiger partial charge on any atom is 0.222 e. The SMILES string of the molecule is O=C1CCCN1CCCn1c(-c2cc(Cl)ccc2Cl)csc1=Nc1cccnc1. The summed E-state index contributed by atoms with van der Waals surface area (Å²) in [6.45, 7) is 2.33. The van der Waals surface area contributed by atoms with Crippen LogP contribution in [0.25, 0.3) is 11.3 Å². The predicted molar refractivity (Wildman–Crippen MR) is 118 cm³/mol. The highest BCUT2D eigenvalue weighted by Crippen LogP contribution is 2.31. The Morgan fingerprint density at radius 2 is 2.10 bits per heavy atom. The molecule has 1 aromatic carbocycles. The number of carbonyl (C=O) groups excluding carboxylic acids is 1. The minimum Gasteiger partial charge on any atom is -0.343 e. The lowest BCUT2D eigenvalue weighted by molar-refractivity contribution is -0.127.